The van der Waals surface area contributed by atoms with E-state index in [1.54, 1.807) is 56.6 Å². The normalized spacial score (nSPS) is 11.1. The van der Waals surface area contributed by atoms with Crippen LogP contribution in [0.15, 0.2) is 64.4 Å². The lowest BCUT2D eigenvalue weighted by Gasteiger charge is -2.12. The Morgan fingerprint density at radius 2 is 1.86 bits per heavy atom. The van der Waals surface area contributed by atoms with Crippen molar-refractivity contribution in [2.24, 2.45) is 7.05 Å². The zero-order valence-corrected chi connectivity index (χ0v) is 17.2. The molecular weight excluding hydrogens is 388 g/mol. The van der Waals surface area contributed by atoms with E-state index in [1.807, 2.05) is 6.07 Å². The fourth-order valence-corrected chi connectivity index (χ4v) is 3.64. The Labute approximate surface area is 169 Å². The first-order valence-electron chi connectivity index (χ1n) is 8.82. The number of hydrogen-bond donors (Lipinski definition) is 0. The van der Waals surface area contributed by atoms with Crippen molar-refractivity contribution in [3.63, 3.8) is 0 Å². The van der Waals surface area contributed by atoms with Crippen LogP contribution < -0.4 is 10.3 Å². The average molecular weight is 408 g/mol. The third-order valence-corrected chi connectivity index (χ3v) is 5.56. The van der Waals surface area contributed by atoms with E-state index in [1.165, 1.54) is 10.6 Å². The molecular formula is C22H20N2O4S. The minimum Gasteiger partial charge on any atom is -0.489 e. The minimum atomic E-state index is -3.47. The van der Waals surface area contributed by atoms with E-state index in [0.717, 1.165) is 11.8 Å². The predicted molar refractivity (Wildman–Crippen MR) is 110 cm³/mol. The van der Waals surface area contributed by atoms with Crippen molar-refractivity contribution in [3.8, 4) is 22.9 Å². The molecule has 1 aromatic heterocycles. The Balaban J connectivity index is 2.02. The molecule has 0 aliphatic rings. The number of sulfone groups is 1. The molecule has 0 unspecified atom stereocenters. The highest BCUT2D eigenvalue weighted by molar-refractivity contribution is 7.90. The highest BCUT2D eigenvalue weighted by Crippen LogP contribution is 2.29. The summed E-state index contributed by atoms with van der Waals surface area (Å²) in [4.78, 5) is 12.1. The minimum absolute atomic E-state index is 0.109. The van der Waals surface area contributed by atoms with Crippen molar-refractivity contribution in [2.75, 3.05) is 6.26 Å². The first-order chi connectivity index (χ1) is 13.7. The van der Waals surface area contributed by atoms with Crippen molar-refractivity contribution < 1.29 is 13.2 Å². The maximum atomic E-state index is 12.2. The number of aromatic nitrogens is 1. The monoisotopic (exact) mass is 408 g/mol. The molecule has 3 aromatic rings. The van der Waals surface area contributed by atoms with E-state index in [-0.39, 0.29) is 17.1 Å². The quantitative estimate of drug-likeness (QED) is 0.647. The molecule has 0 aliphatic heterocycles. The summed E-state index contributed by atoms with van der Waals surface area (Å²) in [6, 6.07) is 15.6. The van der Waals surface area contributed by atoms with Crippen LogP contribution in [0.25, 0.3) is 11.1 Å². The molecule has 0 saturated carbocycles. The number of aryl methyl sites for hydroxylation is 2. The Kier molecular flexibility index (Phi) is 5.57. The summed E-state index contributed by atoms with van der Waals surface area (Å²) in [7, 11) is -1.82. The number of nitriles is 1. The van der Waals surface area contributed by atoms with Crippen LogP contribution in [0, 0.1) is 18.3 Å². The maximum absolute atomic E-state index is 12.2. The predicted octanol–water partition coefficient (Wildman–Crippen LogP) is 3.21. The van der Waals surface area contributed by atoms with Gasteiger partial charge >= 0.3 is 0 Å². The molecule has 0 radical (unpaired) electrons. The fraction of sp³-hybridized carbons (Fsp3) is 0.182. The van der Waals surface area contributed by atoms with Crippen LogP contribution in [0.3, 0.4) is 0 Å². The Morgan fingerprint density at radius 1 is 1.10 bits per heavy atom. The van der Waals surface area contributed by atoms with Crippen LogP contribution in [-0.2, 0) is 23.5 Å². The molecule has 2 aromatic carbocycles. The van der Waals surface area contributed by atoms with Gasteiger partial charge in [-0.05, 0) is 60.0 Å². The SMILES string of the molecule is Cc1cc(-c2cc(OCc3cccc(C#N)c3)cc(S(C)(=O)=O)c2)cn(C)c1=O. The number of hydrogen-bond acceptors (Lipinski definition) is 5. The van der Waals surface area contributed by atoms with E-state index in [0.29, 0.717) is 28.0 Å². The van der Waals surface area contributed by atoms with Crippen LogP contribution in [-0.4, -0.2) is 19.2 Å². The van der Waals surface area contributed by atoms with Gasteiger partial charge in [0.25, 0.3) is 5.56 Å². The van der Waals surface area contributed by atoms with Gasteiger partial charge in [0.2, 0.25) is 0 Å². The summed E-state index contributed by atoms with van der Waals surface area (Å²) in [6.45, 7) is 1.90. The lowest BCUT2D eigenvalue weighted by atomic mass is 10.1. The van der Waals surface area contributed by atoms with E-state index in [4.69, 9.17) is 10.00 Å². The number of benzene rings is 2. The van der Waals surface area contributed by atoms with E-state index >= 15 is 0 Å². The molecule has 0 N–H and O–H groups in total. The van der Waals surface area contributed by atoms with Gasteiger partial charge in [-0.1, -0.05) is 12.1 Å². The van der Waals surface area contributed by atoms with E-state index < -0.39 is 9.84 Å². The number of pyridine rings is 1. The Morgan fingerprint density at radius 3 is 2.52 bits per heavy atom. The highest BCUT2D eigenvalue weighted by Gasteiger charge is 2.13. The zero-order valence-electron chi connectivity index (χ0n) is 16.3. The summed E-state index contributed by atoms with van der Waals surface area (Å²) in [6.07, 6.45) is 2.80. The van der Waals surface area contributed by atoms with Gasteiger partial charge in [0.05, 0.1) is 16.5 Å². The second-order valence-corrected chi connectivity index (χ2v) is 8.91. The van der Waals surface area contributed by atoms with Crippen LogP contribution in [0.1, 0.15) is 16.7 Å². The topological polar surface area (TPSA) is 89.2 Å². The number of rotatable bonds is 5. The molecule has 0 spiro atoms. The van der Waals surface area contributed by atoms with Gasteiger partial charge in [-0.2, -0.15) is 5.26 Å². The van der Waals surface area contributed by atoms with Gasteiger partial charge < -0.3 is 9.30 Å². The summed E-state index contributed by atoms with van der Waals surface area (Å²) in [5.41, 5.74) is 3.12. The first-order valence-corrected chi connectivity index (χ1v) is 10.7. The summed E-state index contributed by atoms with van der Waals surface area (Å²) >= 11 is 0. The average Bonchev–Trinajstić information content (AvgIpc) is 2.69. The Hall–Kier alpha value is -3.37. The van der Waals surface area contributed by atoms with Gasteiger partial charge in [0.1, 0.15) is 12.4 Å². The first kappa shape index (κ1) is 20.4. The van der Waals surface area contributed by atoms with Crippen molar-refractivity contribution in [3.05, 3.63) is 81.8 Å². The van der Waals surface area contributed by atoms with E-state index in [9.17, 15) is 13.2 Å². The molecule has 0 atom stereocenters. The van der Waals surface area contributed by atoms with Gasteiger partial charge in [-0.25, -0.2) is 8.42 Å². The van der Waals surface area contributed by atoms with Crippen molar-refractivity contribution in [2.45, 2.75) is 18.4 Å². The van der Waals surface area contributed by atoms with Gasteiger partial charge in [0, 0.05) is 25.1 Å². The van der Waals surface area contributed by atoms with Crippen molar-refractivity contribution in [1.82, 2.24) is 4.57 Å². The lowest BCUT2D eigenvalue weighted by molar-refractivity contribution is 0.305. The van der Waals surface area contributed by atoms with Gasteiger partial charge in [-0.3, -0.25) is 4.79 Å². The van der Waals surface area contributed by atoms with Crippen LogP contribution in [0.4, 0.5) is 0 Å². The second-order valence-electron chi connectivity index (χ2n) is 6.89. The molecule has 1 heterocycles. The lowest BCUT2D eigenvalue weighted by Crippen LogP contribution is -2.18. The Bertz CT molecular complexity index is 1260. The van der Waals surface area contributed by atoms with Crippen LogP contribution in [0.2, 0.25) is 0 Å². The van der Waals surface area contributed by atoms with Gasteiger partial charge in [0.15, 0.2) is 9.84 Å². The van der Waals surface area contributed by atoms with Crippen LogP contribution in [0.5, 0.6) is 5.75 Å². The molecule has 0 amide bonds. The smallest absolute Gasteiger partial charge is 0.253 e. The van der Waals surface area contributed by atoms with Crippen LogP contribution >= 0.6 is 0 Å². The largest absolute Gasteiger partial charge is 0.489 e. The molecule has 7 heteroatoms. The molecule has 6 nitrogen and oxygen atoms in total. The number of nitrogens with zero attached hydrogens (tertiary/aromatic N) is 2. The summed E-state index contributed by atoms with van der Waals surface area (Å²) in [5.74, 6) is 0.386. The zero-order chi connectivity index (χ0) is 21.2. The van der Waals surface area contributed by atoms with Crippen molar-refractivity contribution in [1.29, 1.82) is 5.26 Å². The molecule has 148 valence electrons. The molecule has 29 heavy (non-hydrogen) atoms. The van der Waals surface area contributed by atoms with Gasteiger partial charge in [-0.15, -0.1) is 0 Å². The maximum Gasteiger partial charge on any atom is 0.253 e. The summed E-state index contributed by atoms with van der Waals surface area (Å²) in [5, 5.41) is 9.02. The third-order valence-electron chi connectivity index (χ3n) is 4.47. The summed E-state index contributed by atoms with van der Waals surface area (Å²) < 4.78 is 31.6. The fourth-order valence-electron chi connectivity index (χ4n) is 2.97. The van der Waals surface area contributed by atoms with E-state index in [2.05, 4.69) is 6.07 Å². The molecule has 0 bridgehead atoms. The highest BCUT2D eigenvalue weighted by atomic mass is 32.2. The third kappa shape index (κ3) is 4.73. The standard InChI is InChI=1S/C22H20N2O4S/c1-15-7-19(13-24(2)22(15)25)18-9-20(11-21(10-18)29(3,26)27)28-14-17-6-4-5-16(8-17)12-23/h4-11,13H,14H2,1-3H3. The second kappa shape index (κ2) is 7.94. The molecule has 0 fully saturated rings. The molecule has 3 rings (SSSR count). The van der Waals surface area contributed by atoms with Crippen molar-refractivity contribution >= 4 is 9.84 Å². The molecule has 0 aliphatic carbocycles. The molecule has 0 saturated heterocycles. The number of ether oxygens (including phenoxy) is 1.